The molecule has 0 aromatic heterocycles. The molecule has 1 aromatic carbocycles. The Hall–Kier alpha value is -0.580. The molecule has 0 amide bonds. The van der Waals surface area contributed by atoms with Crippen LogP contribution in [0.4, 0.5) is 5.69 Å². The Bertz CT molecular complexity index is 436. The number of nitrogens with zero attached hydrogens (tertiary/aromatic N) is 2. The van der Waals surface area contributed by atoms with E-state index in [1.54, 1.807) is 0 Å². The lowest BCUT2D eigenvalue weighted by atomic mass is 10.1. The zero-order valence-electron chi connectivity index (χ0n) is 12.6. The van der Waals surface area contributed by atoms with E-state index in [2.05, 4.69) is 57.9 Å². The summed E-state index contributed by atoms with van der Waals surface area (Å²) in [7, 11) is 2.23. The van der Waals surface area contributed by atoms with Crippen LogP contribution in [0, 0.1) is 0 Å². The number of benzene rings is 1. The van der Waals surface area contributed by atoms with E-state index in [0.29, 0.717) is 12.6 Å². The van der Waals surface area contributed by atoms with Gasteiger partial charge in [0.05, 0.1) is 5.69 Å². The van der Waals surface area contributed by atoms with Gasteiger partial charge in [-0.2, -0.15) is 0 Å². The van der Waals surface area contributed by atoms with E-state index in [9.17, 15) is 0 Å². The molecular formula is C16H26BrN3. The van der Waals surface area contributed by atoms with Crippen molar-refractivity contribution in [3.05, 3.63) is 28.2 Å². The van der Waals surface area contributed by atoms with Gasteiger partial charge in [0, 0.05) is 23.6 Å². The van der Waals surface area contributed by atoms with E-state index in [0.717, 1.165) is 19.5 Å². The third-order valence-corrected chi connectivity index (χ3v) is 4.76. The van der Waals surface area contributed by atoms with Crippen molar-refractivity contribution in [1.82, 2.24) is 4.90 Å². The Morgan fingerprint density at radius 2 is 2.15 bits per heavy atom. The summed E-state index contributed by atoms with van der Waals surface area (Å²) in [5.74, 6) is 0. The van der Waals surface area contributed by atoms with Gasteiger partial charge in [0.1, 0.15) is 0 Å². The van der Waals surface area contributed by atoms with Gasteiger partial charge in [-0.3, -0.25) is 0 Å². The molecule has 1 unspecified atom stereocenters. The zero-order valence-corrected chi connectivity index (χ0v) is 14.2. The second-order valence-corrected chi connectivity index (χ2v) is 6.55. The molecule has 0 aliphatic carbocycles. The second-order valence-electron chi connectivity index (χ2n) is 5.70. The molecule has 112 valence electrons. The molecule has 0 radical (unpaired) electrons. The average Bonchev–Trinajstić information content (AvgIpc) is 2.61. The van der Waals surface area contributed by atoms with Gasteiger partial charge in [-0.15, -0.1) is 0 Å². The van der Waals surface area contributed by atoms with Crippen LogP contribution in [0.15, 0.2) is 22.7 Å². The molecule has 2 rings (SSSR count). The molecule has 1 fully saturated rings. The van der Waals surface area contributed by atoms with E-state index < -0.39 is 0 Å². The van der Waals surface area contributed by atoms with Crippen molar-refractivity contribution in [1.29, 1.82) is 0 Å². The van der Waals surface area contributed by atoms with Crippen molar-refractivity contribution in [2.24, 2.45) is 5.73 Å². The molecule has 1 aromatic rings. The number of hydrogen-bond acceptors (Lipinski definition) is 3. The lowest BCUT2D eigenvalue weighted by Gasteiger charge is -2.33. The lowest BCUT2D eigenvalue weighted by Crippen LogP contribution is -2.40. The molecule has 2 N–H and O–H groups in total. The van der Waals surface area contributed by atoms with Gasteiger partial charge in [-0.05, 0) is 73.0 Å². The van der Waals surface area contributed by atoms with Crippen LogP contribution in [-0.4, -0.2) is 44.2 Å². The maximum Gasteiger partial charge on any atom is 0.0513 e. The number of rotatable bonds is 4. The Labute approximate surface area is 131 Å². The van der Waals surface area contributed by atoms with Gasteiger partial charge >= 0.3 is 0 Å². The van der Waals surface area contributed by atoms with Gasteiger partial charge < -0.3 is 15.5 Å². The van der Waals surface area contributed by atoms with E-state index in [1.165, 1.54) is 35.1 Å². The maximum absolute atomic E-state index is 5.64. The highest BCUT2D eigenvalue weighted by atomic mass is 79.9. The first-order chi connectivity index (χ1) is 9.65. The average molecular weight is 340 g/mol. The summed E-state index contributed by atoms with van der Waals surface area (Å²) >= 11 is 3.75. The third kappa shape index (κ3) is 3.74. The number of likely N-dealkylation sites (N-methyl/N-ethyl adjacent to an activating group) is 1. The quantitative estimate of drug-likeness (QED) is 0.915. The first kappa shape index (κ1) is 15.8. The topological polar surface area (TPSA) is 32.5 Å². The Balaban J connectivity index is 2.23. The highest BCUT2D eigenvalue weighted by Crippen LogP contribution is 2.31. The van der Waals surface area contributed by atoms with Crippen molar-refractivity contribution in [2.75, 3.05) is 38.1 Å². The molecule has 0 spiro atoms. The summed E-state index contributed by atoms with van der Waals surface area (Å²) in [6, 6.07) is 7.29. The predicted molar refractivity (Wildman–Crippen MR) is 90.4 cm³/mol. The van der Waals surface area contributed by atoms with Crippen molar-refractivity contribution in [3.63, 3.8) is 0 Å². The first-order valence-corrected chi connectivity index (χ1v) is 8.38. The van der Waals surface area contributed by atoms with Crippen molar-refractivity contribution in [3.8, 4) is 0 Å². The van der Waals surface area contributed by atoms with Crippen molar-refractivity contribution >= 4 is 21.6 Å². The summed E-state index contributed by atoms with van der Waals surface area (Å²) in [4.78, 5) is 5.02. The minimum Gasteiger partial charge on any atom is -0.366 e. The monoisotopic (exact) mass is 339 g/mol. The van der Waals surface area contributed by atoms with Crippen LogP contribution in [0.5, 0.6) is 0 Å². The van der Waals surface area contributed by atoms with Crippen LogP contribution in [0.1, 0.15) is 25.3 Å². The molecular weight excluding hydrogens is 314 g/mol. The van der Waals surface area contributed by atoms with E-state index in [4.69, 9.17) is 5.73 Å². The van der Waals surface area contributed by atoms with Gasteiger partial charge in [0.2, 0.25) is 0 Å². The highest BCUT2D eigenvalue weighted by molar-refractivity contribution is 9.10. The maximum atomic E-state index is 5.64. The Morgan fingerprint density at radius 1 is 1.35 bits per heavy atom. The van der Waals surface area contributed by atoms with Crippen LogP contribution in [0.2, 0.25) is 0 Å². The fourth-order valence-electron chi connectivity index (χ4n) is 3.02. The van der Waals surface area contributed by atoms with Gasteiger partial charge in [-0.1, -0.05) is 13.0 Å². The molecule has 1 saturated heterocycles. The summed E-state index contributed by atoms with van der Waals surface area (Å²) in [6.07, 6.45) is 3.35. The molecule has 1 aliphatic heterocycles. The van der Waals surface area contributed by atoms with Crippen molar-refractivity contribution < 1.29 is 0 Å². The zero-order chi connectivity index (χ0) is 14.5. The van der Waals surface area contributed by atoms with Crippen LogP contribution >= 0.6 is 15.9 Å². The SMILES string of the molecule is CCC1CN(C)CCCN1c1ccc(CCN)cc1Br. The van der Waals surface area contributed by atoms with Gasteiger partial charge in [0.15, 0.2) is 0 Å². The van der Waals surface area contributed by atoms with Gasteiger partial charge in [-0.25, -0.2) is 0 Å². The van der Waals surface area contributed by atoms with E-state index >= 15 is 0 Å². The van der Waals surface area contributed by atoms with Crippen LogP contribution in [0.3, 0.4) is 0 Å². The summed E-state index contributed by atoms with van der Waals surface area (Å²) < 4.78 is 1.20. The molecule has 1 heterocycles. The first-order valence-electron chi connectivity index (χ1n) is 7.59. The van der Waals surface area contributed by atoms with E-state index in [1.807, 2.05) is 0 Å². The van der Waals surface area contributed by atoms with Gasteiger partial charge in [0.25, 0.3) is 0 Å². The number of anilines is 1. The summed E-state index contributed by atoms with van der Waals surface area (Å²) in [5, 5.41) is 0. The minimum absolute atomic E-state index is 0.596. The number of nitrogens with two attached hydrogens (primary N) is 1. The predicted octanol–water partition coefficient (Wildman–Crippen LogP) is 2.87. The highest BCUT2D eigenvalue weighted by Gasteiger charge is 2.23. The molecule has 4 heteroatoms. The van der Waals surface area contributed by atoms with E-state index in [-0.39, 0.29) is 0 Å². The standard InChI is InChI=1S/C16H26BrN3/c1-3-14-12-19(2)9-4-10-20(14)16-6-5-13(7-8-18)11-15(16)17/h5-6,11,14H,3-4,7-10,12,18H2,1-2H3. The smallest absolute Gasteiger partial charge is 0.0513 e. The normalized spacial score (nSPS) is 21.0. The number of halogens is 1. The van der Waals surface area contributed by atoms with Crippen LogP contribution < -0.4 is 10.6 Å². The van der Waals surface area contributed by atoms with Crippen LogP contribution in [0.25, 0.3) is 0 Å². The lowest BCUT2D eigenvalue weighted by molar-refractivity contribution is 0.328. The molecule has 0 saturated carbocycles. The second kappa shape index (κ2) is 7.43. The van der Waals surface area contributed by atoms with Crippen molar-refractivity contribution in [2.45, 2.75) is 32.2 Å². The molecule has 20 heavy (non-hydrogen) atoms. The third-order valence-electron chi connectivity index (χ3n) is 4.13. The fourth-order valence-corrected chi connectivity index (χ4v) is 3.67. The summed E-state index contributed by atoms with van der Waals surface area (Å²) in [5.41, 5.74) is 8.27. The van der Waals surface area contributed by atoms with Crippen LogP contribution in [-0.2, 0) is 6.42 Å². The number of hydrogen-bond donors (Lipinski definition) is 1. The minimum atomic E-state index is 0.596. The molecule has 3 nitrogen and oxygen atoms in total. The Morgan fingerprint density at radius 3 is 2.80 bits per heavy atom. The Kier molecular flexibility index (Phi) is 5.87. The molecule has 1 aliphatic rings. The fraction of sp³-hybridized carbons (Fsp3) is 0.625. The summed E-state index contributed by atoms with van der Waals surface area (Å²) in [6.45, 7) is 6.46. The molecule has 1 atom stereocenters. The largest absolute Gasteiger partial charge is 0.366 e. The molecule has 0 bridgehead atoms.